The Morgan fingerprint density at radius 1 is 1.12 bits per heavy atom. The number of hydrogen-bond acceptors (Lipinski definition) is 3. The SMILES string of the molecule is C/C(C(=O)O)=C(/Cc1ccccc1O)C(=O)O. The normalized spacial score (nSPS) is 11.8. The number of para-hydroxylation sites is 1. The lowest BCUT2D eigenvalue weighted by Gasteiger charge is -2.07. The van der Waals surface area contributed by atoms with Crippen LogP contribution in [0.4, 0.5) is 0 Å². The summed E-state index contributed by atoms with van der Waals surface area (Å²) in [5.74, 6) is -2.63. The molecule has 17 heavy (non-hydrogen) atoms. The van der Waals surface area contributed by atoms with Crippen molar-refractivity contribution in [3.8, 4) is 5.75 Å². The van der Waals surface area contributed by atoms with Gasteiger partial charge in [-0.05, 0) is 18.6 Å². The van der Waals surface area contributed by atoms with Crippen LogP contribution in [0, 0.1) is 0 Å². The van der Waals surface area contributed by atoms with Crippen LogP contribution in [0.1, 0.15) is 12.5 Å². The van der Waals surface area contributed by atoms with E-state index in [9.17, 15) is 14.7 Å². The number of aromatic hydroxyl groups is 1. The van der Waals surface area contributed by atoms with E-state index in [1.165, 1.54) is 13.0 Å². The Balaban J connectivity index is 3.14. The number of carbonyl (C=O) groups is 2. The summed E-state index contributed by atoms with van der Waals surface area (Å²) in [5, 5.41) is 27.2. The van der Waals surface area contributed by atoms with Crippen LogP contribution in [0.15, 0.2) is 35.4 Å². The molecule has 1 aromatic rings. The molecule has 0 amide bonds. The fourth-order valence-corrected chi connectivity index (χ4v) is 1.35. The van der Waals surface area contributed by atoms with Gasteiger partial charge in [0.15, 0.2) is 0 Å². The van der Waals surface area contributed by atoms with Crippen molar-refractivity contribution in [3.63, 3.8) is 0 Å². The highest BCUT2D eigenvalue weighted by Gasteiger charge is 2.17. The highest BCUT2D eigenvalue weighted by molar-refractivity contribution is 5.98. The van der Waals surface area contributed by atoms with Gasteiger partial charge in [0.2, 0.25) is 0 Å². The molecule has 0 bridgehead atoms. The second-order valence-corrected chi connectivity index (χ2v) is 3.52. The number of aliphatic carboxylic acids is 2. The number of carboxylic acids is 2. The zero-order valence-corrected chi connectivity index (χ0v) is 9.17. The van der Waals surface area contributed by atoms with E-state index in [-0.39, 0.29) is 23.3 Å². The molecule has 1 rings (SSSR count). The molecule has 0 heterocycles. The van der Waals surface area contributed by atoms with Crippen molar-refractivity contribution < 1.29 is 24.9 Å². The average Bonchev–Trinajstić information content (AvgIpc) is 2.26. The molecule has 0 saturated carbocycles. The van der Waals surface area contributed by atoms with E-state index in [1.54, 1.807) is 18.2 Å². The van der Waals surface area contributed by atoms with Crippen molar-refractivity contribution in [2.24, 2.45) is 0 Å². The van der Waals surface area contributed by atoms with Crippen LogP contribution in [0.25, 0.3) is 0 Å². The Morgan fingerprint density at radius 3 is 2.18 bits per heavy atom. The molecular formula is C12H12O5. The van der Waals surface area contributed by atoms with Gasteiger partial charge in [0.05, 0.1) is 5.57 Å². The number of carboxylic acid groups (broad SMARTS) is 2. The minimum absolute atomic E-state index is 0.0514. The van der Waals surface area contributed by atoms with Crippen LogP contribution >= 0.6 is 0 Å². The zero-order chi connectivity index (χ0) is 13.0. The van der Waals surface area contributed by atoms with Crippen molar-refractivity contribution in [1.82, 2.24) is 0 Å². The highest BCUT2D eigenvalue weighted by Crippen LogP contribution is 2.21. The fraction of sp³-hybridized carbons (Fsp3) is 0.167. The smallest absolute Gasteiger partial charge is 0.332 e. The predicted octanol–water partition coefficient (Wildman–Crippen LogP) is 1.42. The molecule has 5 heteroatoms. The molecule has 0 unspecified atom stereocenters. The van der Waals surface area contributed by atoms with Crippen LogP contribution in [0.5, 0.6) is 5.75 Å². The lowest BCUT2D eigenvalue weighted by molar-refractivity contribution is -0.136. The molecule has 3 N–H and O–H groups in total. The molecule has 0 aliphatic carbocycles. The monoisotopic (exact) mass is 236 g/mol. The lowest BCUT2D eigenvalue weighted by Crippen LogP contribution is -2.11. The first kappa shape index (κ1) is 12.8. The van der Waals surface area contributed by atoms with Crippen molar-refractivity contribution in [2.75, 3.05) is 0 Å². The standard InChI is InChI=1S/C12H12O5/c1-7(11(14)15)9(12(16)17)6-8-4-2-3-5-10(8)13/h2-5,13H,6H2,1H3,(H,14,15)(H,16,17)/b9-7+. The van der Waals surface area contributed by atoms with E-state index < -0.39 is 11.9 Å². The molecule has 0 aliphatic heterocycles. The average molecular weight is 236 g/mol. The molecule has 90 valence electrons. The molecule has 0 aliphatic rings. The van der Waals surface area contributed by atoms with E-state index in [4.69, 9.17) is 10.2 Å². The van der Waals surface area contributed by atoms with Crippen LogP contribution in [0.2, 0.25) is 0 Å². The number of phenols is 1. The van der Waals surface area contributed by atoms with E-state index in [2.05, 4.69) is 0 Å². The zero-order valence-electron chi connectivity index (χ0n) is 9.17. The van der Waals surface area contributed by atoms with Crippen molar-refractivity contribution >= 4 is 11.9 Å². The van der Waals surface area contributed by atoms with E-state index in [0.29, 0.717) is 5.56 Å². The maximum atomic E-state index is 11.0. The van der Waals surface area contributed by atoms with E-state index in [0.717, 1.165) is 0 Å². The fourth-order valence-electron chi connectivity index (χ4n) is 1.35. The summed E-state index contributed by atoms with van der Waals surface area (Å²) in [5.41, 5.74) is -0.0924. The Hall–Kier alpha value is -2.30. The largest absolute Gasteiger partial charge is 0.508 e. The van der Waals surface area contributed by atoms with E-state index in [1.807, 2.05) is 0 Å². The first-order chi connectivity index (χ1) is 7.93. The minimum Gasteiger partial charge on any atom is -0.508 e. The summed E-state index contributed by atoms with van der Waals surface area (Å²) in [6.45, 7) is 1.23. The Kier molecular flexibility index (Phi) is 3.87. The third-order valence-electron chi connectivity index (χ3n) is 2.39. The second kappa shape index (κ2) is 5.16. The van der Waals surface area contributed by atoms with Crippen molar-refractivity contribution in [2.45, 2.75) is 13.3 Å². The summed E-state index contributed by atoms with van der Waals surface area (Å²) in [6.07, 6.45) is -0.125. The molecule has 0 spiro atoms. The Bertz CT molecular complexity index is 487. The van der Waals surface area contributed by atoms with Gasteiger partial charge in [0.1, 0.15) is 5.75 Å². The molecule has 0 saturated heterocycles. The maximum Gasteiger partial charge on any atom is 0.332 e. The van der Waals surface area contributed by atoms with Gasteiger partial charge in [-0.1, -0.05) is 18.2 Å². The minimum atomic E-state index is -1.30. The van der Waals surface area contributed by atoms with Crippen molar-refractivity contribution in [3.05, 3.63) is 41.0 Å². The maximum absolute atomic E-state index is 11.0. The van der Waals surface area contributed by atoms with Gasteiger partial charge >= 0.3 is 11.9 Å². The number of rotatable bonds is 4. The molecule has 5 nitrogen and oxygen atoms in total. The number of benzene rings is 1. The quantitative estimate of drug-likeness (QED) is 0.687. The van der Waals surface area contributed by atoms with Gasteiger partial charge in [-0.15, -0.1) is 0 Å². The van der Waals surface area contributed by atoms with Gasteiger partial charge in [-0.2, -0.15) is 0 Å². The third-order valence-corrected chi connectivity index (χ3v) is 2.39. The van der Waals surface area contributed by atoms with Crippen LogP contribution < -0.4 is 0 Å². The highest BCUT2D eigenvalue weighted by atomic mass is 16.4. The summed E-state index contributed by atoms with van der Waals surface area (Å²) in [4.78, 5) is 21.7. The van der Waals surface area contributed by atoms with Crippen LogP contribution in [-0.2, 0) is 16.0 Å². The summed E-state index contributed by atoms with van der Waals surface area (Å²) in [7, 11) is 0. The van der Waals surface area contributed by atoms with Crippen LogP contribution in [0.3, 0.4) is 0 Å². The molecule has 0 aromatic heterocycles. The Labute approximate surface area is 97.6 Å². The second-order valence-electron chi connectivity index (χ2n) is 3.52. The predicted molar refractivity (Wildman–Crippen MR) is 59.8 cm³/mol. The van der Waals surface area contributed by atoms with Gasteiger partial charge in [-0.3, -0.25) is 0 Å². The first-order valence-corrected chi connectivity index (χ1v) is 4.86. The molecule has 0 radical (unpaired) electrons. The molecule has 0 atom stereocenters. The number of hydrogen-bond donors (Lipinski definition) is 3. The van der Waals surface area contributed by atoms with Gasteiger partial charge < -0.3 is 15.3 Å². The summed E-state index contributed by atoms with van der Waals surface area (Å²) in [6, 6.07) is 6.22. The topological polar surface area (TPSA) is 94.8 Å². The van der Waals surface area contributed by atoms with Crippen LogP contribution in [-0.4, -0.2) is 27.3 Å². The lowest BCUT2D eigenvalue weighted by atomic mass is 10.00. The first-order valence-electron chi connectivity index (χ1n) is 4.86. The number of phenolic OH excluding ortho intramolecular Hbond substituents is 1. The Morgan fingerprint density at radius 2 is 1.71 bits per heavy atom. The summed E-state index contributed by atoms with van der Waals surface area (Å²) < 4.78 is 0. The molecule has 0 fully saturated rings. The van der Waals surface area contributed by atoms with Gasteiger partial charge in [0.25, 0.3) is 0 Å². The molecular weight excluding hydrogens is 224 g/mol. The molecule has 1 aromatic carbocycles. The van der Waals surface area contributed by atoms with Crippen molar-refractivity contribution in [1.29, 1.82) is 0 Å². The summed E-state index contributed by atoms with van der Waals surface area (Å²) >= 11 is 0. The van der Waals surface area contributed by atoms with Gasteiger partial charge in [0, 0.05) is 12.0 Å². The van der Waals surface area contributed by atoms with E-state index >= 15 is 0 Å². The van der Waals surface area contributed by atoms with Gasteiger partial charge in [-0.25, -0.2) is 9.59 Å². The third kappa shape index (κ3) is 3.07.